The van der Waals surface area contributed by atoms with E-state index in [1.54, 1.807) is 0 Å². The lowest BCUT2D eigenvalue weighted by atomic mass is 9.93. The van der Waals surface area contributed by atoms with Crippen molar-refractivity contribution in [2.75, 3.05) is 24.8 Å². The molecule has 34 heavy (non-hydrogen) atoms. The third kappa shape index (κ3) is 2.98. The van der Waals surface area contributed by atoms with Gasteiger partial charge in [0, 0.05) is 35.0 Å². The summed E-state index contributed by atoms with van der Waals surface area (Å²) in [6, 6.07) is -1.72. The minimum Gasteiger partial charge on any atom is -0.502 e. The van der Waals surface area contributed by atoms with Gasteiger partial charge >= 0.3 is 0 Å². The van der Waals surface area contributed by atoms with Crippen molar-refractivity contribution in [2.24, 2.45) is 0 Å². The molecule has 3 aliphatic rings. The summed E-state index contributed by atoms with van der Waals surface area (Å²) in [5.74, 6) is -4.28. The van der Waals surface area contributed by atoms with Crippen LogP contribution in [0.3, 0.4) is 0 Å². The molecule has 1 saturated heterocycles. The smallest absolute Gasteiger partial charge is 0.278 e. The van der Waals surface area contributed by atoms with Crippen LogP contribution in [-0.2, 0) is 10.5 Å². The molecule has 0 spiro atoms. The normalized spacial score (nSPS) is 25.5. The largest absolute Gasteiger partial charge is 0.502 e. The zero-order valence-electron chi connectivity index (χ0n) is 22.4. The first-order valence-corrected chi connectivity index (χ1v) is 11.3. The fourth-order valence-electron chi connectivity index (χ4n) is 4.51. The maximum Gasteiger partial charge on any atom is 0.278 e. The minimum absolute atomic E-state index is 0.0115. The van der Waals surface area contributed by atoms with E-state index in [4.69, 9.17) is 10.2 Å². The number of aromatic nitrogens is 1. The maximum absolute atomic E-state index is 15.3. The van der Waals surface area contributed by atoms with E-state index in [2.05, 4.69) is 0 Å². The lowest BCUT2D eigenvalue weighted by molar-refractivity contribution is -0.0197. The highest BCUT2D eigenvalue weighted by Gasteiger charge is 2.46. The number of morpholine rings is 1. The second-order valence-electron chi connectivity index (χ2n) is 7.85. The quantitative estimate of drug-likeness (QED) is 0.568. The third-order valence-electron chi connectivity index (χ3n) is 6.07. The second kappa shape index (κ2) is 7.85. The molecule has 10 heteroatoms. The summed E-state index contributed by atoms with van der Waals surface area (Å²) in [6.45, 7) is -0.0372. The second-order valence-corrected chi connectivity index (χ2v) is 8.83. The molecular weight excluding hydrogens is 464 g/mol. The first-order valence-electron chi connectivity index (χ1n) is 12.8. The Balaban J connectivity index is 1.79. The van der Waals surface area contributed by atoms with Gasteiger partial charge < -0.3 is 14.7 Å². The highest BCUT2D eigenvalue weighted by atomic mass is 32.2. The van der Waals surface area contributed by atoms with Gasteiger partial charge in [-0.2, -0.15) is 0 Å². The molecule has 0 radical (unpaired) electrons. The Morgan fingerprint density at radius 2 is 2.00 bits per heavy atom. The van der Waals surface area contributed by atoms with Gasteiger partial charge in [0.15, 0.2) is 23.1 Å². The number of pyridine rings is 1. The number of ether oxygens (including phenoxy) is 1. The number of fused-ring (bicyclic) bond motifs is 4. The molecule has 7 nitrogen and oxygen atoms in total. The standard InChI is InChI=1S/C24H19F2N3O4S/c25-16-6-5-13-15(20(16)26)12-34-18-4-2-1-3-14(18)21(13)29-19-11-33-10-9-27(19)24(32)22-23(31)17(30)7-8-28(22)29/h1-8,19,21,31H,9-12H2/t19-,21+/m1/s1/i1D,2D,3D,4D,21D. The van der Waals surface area contributed by atoms with Crippen molar-refractivity contribution in [1.82, 2.24) is 9.58 Å². The summed E-state index contributed by atoms with van der Waals surface area (Å²) in [4.78, 5) is 27.0. The summed E-state index contributed by atoms with van der Waals surface area (Å²) in [5.41, 5.74) is -1.97. The first-order chi connectivity index (χ1) is 18.5. The van der Waals surface area contributed by atoms with Gasteiger partial charge in [-0.3, -0.25) is 19.3 Å². The van der Waals surface area contributed by atoms with Crippen LogP contribution in [0.5, 0.6) is 5.75 Å². The van der Waals surface area contributed by atoms with Gasteiger partial charge in [-0.15, -0.1) is 11.8 Å². The van der Waals surface area contributed by atoms with E-state index < -0.39 is 70.8 Å². The third-order valence-corrected chi connectivity index (χ3v) is 7.09. The summed E-state index contributed by atoms with van der Waals surface area (Å²) in [6.07, 6.45) is 0.0639. The number of amides is 1. The van der Waals surface area contributed by atoms with E-state index >= 15 is 4.39 Å². The number of carbonyl (C=O) groups is 1. The van der Waals surface area contributed by atoms with E-state index in [0.29, 0.717) is 0 Å². The summed E-state index contributed by atoms with van der Waals surface area (Å²) in [5, 5.41) is 11.9. The van der Waals surface area contributed by atoms with Crippen LogP contribution >= 0.6 is 11.8 Å². The van der Waals surface area contributed by atoms with Gasteiger partial charge in [-0.1, -0.05) is 24.2 Å². The Bertz CT molecular complexity index is 1660. The predicted molar refractivity (Wildman–Crippen MR) is 120 cm³/mol. The summed E-state index contributed by atoms with van der Waals surface area (Å²) >= 11 is 0.837. The average Bonchev–Trinajstić information content (AvgIpc) is 3.05. The minimum atomic E-state index is -2.43. The molecule has 2 atom stereocenters. The van der Waals surface area contributed by atoms with Crippen LogP contribution in [0.2, 0.25) is 0 Å². The van der Waals surface area contributed by atoms with Crippen molar-refractivity contribution in [2.45, 2.75) is 22.8 Å². The predicted octanol–water partition coefficient (Wildman–Crippen LogP) is 2.98. The number of carbonyl (C=O) groups excluding carboxylic acids is 1. The van der Waals surface area contributed by atoms with Crippen molar-refractivity contribution in [1.29, 1.82) is 0 Å². The number of rotatable bonds is 1. The molecule has 1 fully saturated rings. The highest BCUT2D eigenvalue weighted by Crippen LogP contribution is 2.45. The molecule has 0 saturated carbocycles. The first kappa shape index (κ1) is 16.3. The molecule has 4 heterocycles. The molecule has 2 aromatic carbocycles. The van der Waals surface area contributed by atoms with E-state index in [0.717, 1.165) is 34.8 Å². The van der Waals surface area contributed by atoms with Gasteiger partial charge in [-0.05, 0) is 23.2 Å². The molecule has 0 bridgehead atoms. The van der Waals surface area contributed by atoms with Crippen LogP contribution in [0, 0.1) is 11.6 Å². The lowest BCUT2D eigenvalue weighted by Gasteiger charge is -2.51. The molecule has 1 aromatic heterocycles. The van der Waals surface area contributed by atoms with Crippen LogP contribution in [0.1, 0.15) is 40.1 Å². The molecular formula is C24H19F2N3O4S. The molecule has 174 valence electrons. The topological polar surface area (TPSA) is 75.0 Å². The lowest BCUT2D eigenvalue weighted by Crippen LogP contribution is -2.66. The van der Waals surface area contributed by atoms with Crippen LogP contribution < -0.4 is 10.4 Å². The van der Waals surface area contributed by atoms with Gasteiger partial charge in [0.25, 0.3) is 5.91 Å². The zero-order chi connectivity index (χ0) is 28.0. The number of benzene rings is 2. The van der Waals surface area contributed by atoms with Crippen molar-refractivity contribution in [3.8, 4) is 5.75 Å². The van der Waals surface area contributed by atoms with Crippen LogP contribution in [-0.4, -0.2) is 46.5 Å². The molecule has 3 aromatic rings. The van der Waals surface area contributed by atoms with Gasteiger partial charge in [0.1, 0.15) is 6.17 Å². The van der Waals surface area contributed by atoms with Gasteiger partial charge in [-0.25, -0.2) is 8.78 Å². The number of hydrogen-bond donors (Lipinski definition) is 1. The SMILES string of the molecule is [2H]c1c([2H])c([2H])c2c(c1[2H])SCc1c(ccc(F)c1F)[C@]2([2H])N1[C@@H]2COCCN2C(=O)c2c(O)c(=O)ccn21. The number of thioether (sulfide) groups is 1. The average molecular weight is 489 g/mol. The highest BCUT2D eigenvalue weighted by molar-refractivity contribution is 7.98. The van der Waals surface area contributed by atoms with Gasteiger partial charge in [0.2, 0.25) is 5.43 Å². The van der Waals surface area contributed by atoms with Crippen molar-refractivity contribution in [3.63, 3.8) is 0 Å². The van der Waals surface area contributed by atoms with Crippen molar-refractivity contribution in [3.05, 3.63) is 92.8 Å². The van der Waals surface area contributed by atoms with Crippen LogP contribution in [0.4, 0.5) is 8.78 Å². The maximum atomic E-state index is 15.3. The van der Waals surface area contributed by atoms with E-state index in [9.17, 15) is 20.5 Å². The van der Waals surface area contributed by atoms with Gasteiger partial charge in [0.05, 0.1) is 26.1 Å². The summed E-state index contributed by atoms with van der Waals surface area (Å²) in [7, 11) is 0. The van der Waals surface area contributed by atoms with Crippen LogP contribution in [0.25, 0.3) is 0 Å². The molecule has 0 unspecified atom stereocenters. The monoisotopic (exact) mass is 488 g/mol. The molecule has 0 aliphatic carbocycles. The fraction of sp³-hybridized carbons (Fsp3) is 0.250. The molecule has 3 aliphatic heterocycles. The Kier molecular flexibility index (Phi) is 3.76. The van der Waals surface area contributed by atoms with E-state index in [1.165, 1.54) is 16.0 Å². The van der Waals surface area contributed by atoms with Crippen molar-refractivity contribution < 1.29 is 30.3 Å². The zero-order valence-corrected chi connectivity index (χ0v) is 18.2. The summed E-state index contributed by atoms with van der Waals surface area (Å²) < 4.78 is 80.4. The number of aromatic hydroxyl groups is 1. The molecule has 1 N–H and O–H groups in total. The number of halogens is 2. The number of nitrogens with zero attached hydrogens (tertiary/aromatic N) is 3. The Hall–Kier alpha value is -3.37. The van der Waals surface area contributed by atoms with E-state index in [1.807, 2.05) is 0 Å². The van der Waals surface area contributed by atoms with Crippen molar-refractivity contribution >= 4 is 17.7 Å². The molecule has 6 rings (SSSR count). The Labute approximate surface area is 204 Å². The Morgan fingerprint density at radius 3 is 2.85 bits per heavy atom. The number of hydrogen-bond acceptors (Lipinski definition) is 6. The van der Waals surface area contributed by atoms with E-state index in [-0.39, 0.29) is 47.1 Å². The Morgan fingerprint density at radius 1 is 1.18 bits per heavy atom. The fourth-order valence-corrected chi connectivity index (χ4v) is 5.50. The van der Waals surface area contributed by atoms with Crippen LogP contribution in [0.15, 0.2) is 58.3 Å². The molecule has 1 amide bonds.